The minimum Gasteiger partial charge on any atom is -0.456 e. The first kappa shape index (κ1) is 12.4. The quantitative estimate of drug-likeness (QED) is 0.618. The maximum absolute atomic E-state index is 12.0. The number of carbonyl (C=O) groups is 1. The van der Waals surface area contributed by atoms with Crippen molar-refractivity contribution in [1.29, 1.82) is 0 Å². The van der Waals surface area contributed by atoms with E-state index in [-0.39, 0.29) is 0 Å². The first-order chi connectivity index (χ1) is 8.38. The van der Waals surface area contributed by atoms with Gasteiger partial charge >= 0.3 is 5.97 Å². The van der Waals surface area contributed by atoms with Gasteiger partial charge in [-0.05, 0) is 32.9 Å². The molecule has 4 heteroatoms. The van der Waals surface area contributed by atoms with Crippen LogP contribution in [-0.4, -0.2) is 16.6 Å². The van der Waals surface area contributed by atoms with Crippen LogP contribution in [0, 0.1) is 0 Å². The molecular weight excluding hydrogens is 228 g/mol. The van der Waals surface area contributed by atoms with Gasteiger partial charge in [0.15, 0.2) is 0 Å². The molecule has 0 bridgehead atoms. The van der Waals surface area contributed by atoms with E-state index >= 15 is 0 Å². The molecule has 4 nitrogen and oxygen atoms in total. The van der Waals surface area contributed by atoms with Crippen molar-refractivity contribution < 1.29 is 9.53 Å². The van der Waals surface area contributed by atoms with E-state index in [1.165, 1.54) is 0 Å². The summed E-state index contributed by atoms with van der Waals surface area (Å²) in [6.45, 7) is 5.46. The second-order valence-corrected chi connectivity index (χ2v) is 5.10. The molecule has 0 fully saturated rings. The molecule has 1 heterocycles. The minimum atomic E-state index is -0.539. The van der Waals surface area contributed by atoms with Gasteiger partial charge in [0.1, 0.15) is 5.60 Å². The summed E-state index contributed by atoms with van der Waals surface area (Å²) in [5, 5.41) is 0.905. The fourth-order valence-electron chi connectivity index (χ4n) is 1.68. The van der Waals surface area contributed by atoms with Crippen LogP contribution in [-0.2, 0) is 4.74 Å². The van der Waals surface area contributed by atoms with Crippen molar-refractivity contribution in [2.75, 3.05) is 5.73 Å². The fourth-order valence-corrected chi connectivity index (χ4v) is 1.68. The number of nitrogens with two attached hydrogens (primary N) is 1. The van der Waals surface area contributed by atoms with E-state index < -0.39 is 11.6 Å². The Hall–Kier alpha value is -2.10. The van der Waals surface area contributed by atoms with Crippen molar-refractivity contribution in [1.82, 2.24) is 4.98 Å². The van der Waals surface area contributed by atoms with E-state index in [0.29, 0.717) is 16.8 Å². The van der Waals surface area contributed by atoms with Crippen molar-refractivity contribution in [2.24, 2.45) is 0 Å². The van der Waals surface area contributed by atoms with Gasteiger partial charge in [-0.1, -0.05) is 12.1 Å². The molecule has 0 aliphatic rings. The highest BCUT2D eigenvalue weighted by molar-refractivity contribution is 6.04. The summed E-state index contributed by atoms with van der Waals surface area (Å²) in [6, 6.07) is 7.22. The van der Waals surface area contributed by atoms with Crippen molar-refractivity contribution in [3.8, 4) is 0 Å². The molecule has 0 spiro atoms. The van der Waals surface area contributed by atoms with Gasteiger partial charge in [-0.3, -0.25) is 4.98 Å². The molecule has 0 atom stereocenters. The van der Waals surface area contributed by atoms with Crippen LogP contribution >= 0.6 is 0 Å². The van der Waals surface area contributed by atoms with Crippen molar-refractivity contribution >= 4 is 22.6 Å². The van der Waals surface area contributed by atoms with E-state index in [2.05, 4.69) is 4.98 Å². The topological polar surface area (TPSA) is 65.2 Å². The zero-order valence-corrected chi connectivity index (χ0v) is 10.7. The molecule has 0 saturated heterocycles. The van der Waals surface area contributed by atoms with E-state index in [0.717, 1.165) is 5.39 Å². The third-order valence-electron chi connectivity index (χ3n) is 2.43. The molecule has 0 saturated carbocycles. The smallest absolute Gasteiger partial charge is 0.340 e. The van der Waals surface area contributed by atoms with Gasteiger partial charge in [-0.25, -0.2) is 4.79 Å². The molecular formula is C14H16N2O2. The number of fused-ring (bicyclic) bond motifs is 1. The molecule has 18 heavy (non-hydrogen) atoms. The predicted octanol–water partition coefficient (Wildman–Crippen LogP) is 2.77. The first-order valence-electron chi connectivity index (χ1n) is 5.75. The van der Waals surface area contributed by atoms with Gasteiger partial charge in [-0.2, -0.15) is 0 Å². The van der Waals surface area contributed by atoms with Crippen LogP contribution in [0.15, 0.2) is 30.5 Å². The van der Waals surface area contributed by atoms with Crippen LogP contribution in [0.2, 0.25) is 0 Å². The number of ether oxygens (including phenoxy) is 1. The number of aromatic nitrogens is 1. The van der Waals surface area contributed by atoms with Crippen molar-refractivity contribution in [3.63, 3.8) is 0 Å². The number of hydrogen-bond acceptors (Lipinski definition) is 4. The van der Waals surface area contributed by atoms with Crippen LogP contribution in [0.1, 0.15) is 31.1 Å². The Balaban J connectivity index is 2.46. The summed E-state index contributed by atoms with van der Waals surface area (Å²) in [5.74, 6) is -0.424. The maximum Gasteiger partial charge on any atom is 0.340 e. The number of rotatable bonds is 1. The second kappa shape index (κ2) is 4.29. The lowest BCUT2D eigenvalue weighted by atomic mass is 10.1. The number of nitrogens with zero attached hydrogens (tertiary/aromatic N) is 1. The van der Waals surface area contributed by atoms with Crippen LogP contribution in [0.3, 0.4) is 0 Å². The number of hydrogen-bond donors (Lipinski definition) is 1. The largest absolute Gasteiger partial charge is 0.456 e. The lowest BCUT2D eigenvalue weighted by Gasteiger charge is -2.20. The average Bonchev–Trinajstić information content (AvgIpc) is 2.27. The van der Waals surface area contributed by atoms with Crippen LogP contribution < -0.4 is 5.73 Å². The third-order valence-corrected chi connectivity index (χ3v) is 2.43. The highest BCUT2D eigenvalue weighted by atomic mass is 16.6. The molecule has 2 N–H and O–H groups in total. The van der Waals surface area contributed by atoms with Gasteiger partial charge in [0, 0.05) is 11.6 Å². The average molecular weight is 244 g/mol. The van der Waals surface area contributed by atoms with Crippen LogP contribution in [0.25, 0.3) is 10.9 Å². The number of nitrogen functional groups attached to an aromatic ring is 1. The summed E-state index contributed by atoms with van der Waals surface area (Å²) in [4.78, 5) is 16.2. The van der Waals surface area contributed by atoms with E-state index in [1.807, 2.05) is 39.0 Å². The lowest BCUT2D eigenvalue weighted by molar-refractivity contribution is 0.00709. The van der Waals surface area contributed by atoms with Gasteiger partial charge in [0.25, 0.3) is 0 Å². The highest BCUT2D eigenvalue weighted by Crippen LogP contribution is 2.24. The molecule has 1 aromatic carbocycles. The molecule has 0 aliphatic heterocycles. The fraction of sp³-hybridized carbons (Fsp3) is 0.286. The Morgan fingerprint density at radius 1 is 1.28 bits per heavy atom. The van der Waals surface area contributed by atoms with E-state index in [9.17, 15) is 4.79 Å². The Labute approximate surface area is 106 Å². The number of esters is 1. The standard InChI is InChI=1S/C14H16N2O2/c1-14(2,3)18-13(17)10-7-6-9-5-4-8-16-12(9)11(10)15/h4-8H,15H2,1-3H3. The Morgan fingerprint density at radius 3 is 2.67 bits per heavy atom. The van der Waals surface area contributed by atoms with Crippen molar-refractivity contribution in [2.45, 2.75) is 26.4 Å². The van der Waals surface area contributed by atoms with E-state index in [4.69, 9.17) is 10.5 Å². The third kappa shape index (κ3) is 2.42. The molecule has 2 rings (SSSR count). The molecule has 0 unspecified atom stereocenters. The first-order valence-corrected chi connectivity index (χ1v) is 5.75. The molecule has 0 aliphatic carbocycles. The number of carbonyl (C=O) groups excluding carboxylic acids is 1. The zero-order valence-electron chi connectivity index (χ0n) is 10.7. The maximum atomic E-state index is 12.0. The van der Waals surface area contributed by atoms with Gasteiger partial charge in [0.2, 0.25) is 0 Å². The normalized spacial score (nSPS) is 11.5. The highest BCUT2D eigenvalue weighted by Gasteiger charge is 2.20. The van der Waals surface area contributed by atoms with Gasteiger partial charge in [-0.15, -0.1) is 0 Å². The Morgan fingerprint density at radius 2 is 2.00 bits per heavy atom. The van der Waals surface area contributed by atoms with E-state index in [1.54, 1.807) is 12.3 Å². The Bertz CT molecular complexity index is 600. The van der Waals surface area contributed by atoms with Crippen molar-refractivity contribution in [3.05, 3.63) is 36.0 Å². The minimum absolute atomic E-state index is 0.358. The van der Waals surface area contributed by atoms with Crippen LogP contribution in [0.5, 0.6) is 0 Å². The summed E-state index contributed by atoms with van der Waals surface area (Å²) in [6.07, 6.45) is 1.65. The lowest BCUT2D eigenvalue weighted by Crippen LogP contribution is -2.24. The number of pyridine rings is 1. The molecule has 2 aromatic rings. The molecule has 0 amide bonds. The number of anilines is 1. The molecule has 1 aromatic heterocycles. The van der Waals surface area contributed by atoms with Gasteiger partial charge < -0.3 is 10.5 Å². The second-order valence-electron chi connectivity index (χ2n) is 5.10. The zero-order chi connectivity index (χ0) is 13.3. The summed E-state index contributed by atoms with van der Waals surface area (Å²) in [5.41, 5.74) is 6.78. The summed E-state index contributed by atoms with van der Waals surface area (Å²) in [7, 11) is 0. The molecule has 94 valence electrons. The predicted molar refractivity (Wildman–Crippen MR) is 71.3 cm³/mol. The van der Waals surface area contributed by atoms with Gasteiger partial charge in [0.05, 0.1) is 16.8 Å². The summed E-state index contributed by atoms with van der Waals surface area (Å²) < 4.78 is 5.31. The monoisotopic (exact) mass is 244 g/mol. The summed E-state index contributed by atoms with van der Waals surface area (Å²) >= 11 is 0. The van der Waals surface area contributed by atoms with Crippen LogP contribution in [0.4, 0.5) is 5.69 Å². The number of benzene rings is 1. The Kier molecular flexibility index (Phi) is 2.95. The SMILES string of the molecule is CC(C)(C)OC(=O)c1ccc2cccnc2c1N. The molecule has 0 radical (unpaired) electrons.